The first kappa shape index (κ1) is 13.1. The topological polar surface area (TPSA) is 47.6 Å². The summed E-state index contributed by atoms with van der Waals surface area (Å²) in [5, 5.41) is 3.11. The van der Waals surface area contributed by atoms with Crippen molar-refractivity contribution in [3.63, 3.8) is 0 Å². The lowest BCUT2D eigenvalue weighted by molar-refractivity contribution is 0.0831. The highest BCUT2D eigenvalue weighted by Crippen LogP contribution is 2.37. The number of hydrogen-bond donors (Lipinski definition) is 1. The molecule has 0 radical (unpaired) electrons. The van der Waals surface area contributed by atoms with E-state index in [4.69, 9.17) is 9.47 Å². The summed E-state index contributed by atoms with van der Waals surface area (Å²) >= 11 is 0. The van der Waals surface area contributed by atoms with E-state index in [1.165, 1.54) is 0 Å². The van der Waals surface area contributed by atoms with Crippen molar-refractivity contribution < 1.29 is 14.3 Å². The van der Waals surface area contributed by atoms with Gasteiger partial charge in [-0.15, -0.1) is 0 Å². The van der Waals surface area contributed by atoms with Crippen LogP contribution in [0.3, 0.4) is 0 Å². The molecular formula is C11H16B3NO3. The zero-order chi connectivity index (χ0) is 13.3. The van der Waals surface area contributed by atoms with Crippen LogP contribution in [0.5, 0.6) is 11.5 Å². The molecule has 1 aliphatic heterocycles. The molecule has 0 amide bonds. The lowest BCUT2D eigenvalue weighted by atomic mass is 9.76. The molecule has 1 atom stereocenters. The highest BCUT2D eigenvalue weighted by Gasteiger charge is 2.31. The van der Waals surface area contributed by atoms with Crippen LogP contribution in [-0.4, -0.2) is 47.4 Å². The minimum absolute atomic E-state index is 0.0629. The highest BCUT2D eigenvalue weighted by atomic mass is 16.7. The van der Waals surface area contributed by atoms with Gasteiger partial charge in [0.2, 0.25) is 0 Å². The number of nitrogens with one attached hydrogen (secondary N) is 1. The average Bonchev–Trinajstić information content (AvgIpc) is 2.60. The Bertz CT molecular complexity index is 479. The van der Waals surface area contributed by atoms with Crippen LogP contribution in [0.1, 0.15) is 17.3 Å². The van der Waals surface area contributed by atoms with E-state index in [-0.39, 0.29) is 11.8 Å². The van der Waals surface area contributed by atoms with Crippen LogP contribution in [0.2, 0.25) is 0 Å². The third kappa shape index (κ3) is 2.56. The summed E-state index contributed by atoms with van der Waals surface area (Å²) in [4.78, 5) is 12.1. The minimum atomic E-state index is -0.655. The summed E-state index contributed by atoms with van der Waals surface area (Å²) < 4.78 is 11.2. The predicted octanol–water partition coefficient (Wildman–Crippen LogP) is -1.91. The van der Waals surface area contributed by atoms with Gasteiger partial charge in [-0.2, -0.15) is 0 Å². The van der Waals surface area contributed by atoms with Crippen molar-refractivity contribution in [1.82, 2.24) is 5.32 Å². The minimum Gasteiger partial charge on any atom is -0.467 e. The summed E-state index contributed by atoms with van der Waals surface area (Å²) in [6, 6.07) is 5.12. The van der Waals surface area contributed by atoms with Gasteiger partial charge in [-0.25, -0.2) is 0 Å². The molecule has 1 aliphatic rings. The molecule has 0 aromatic heterocycles. The molecule has 18 heavy (non-hydrogen) atoms. The molecule has 0 aliphatic carbocycles. The van der Waals surface area contributed by atoms with E-state index in [1.54, 1.807) is 18.2 Å². The van der Waals surface area contributed by atoms with Crippen LogP contribution in [0, 0.1) is 0 Å². The number of carbonyl (C=O) groups excluding carboxylic acids is 1. The van der Waals surface area contributed by atoms with Crippen LogP contribution < -0.4 is 14.8 Å². The van der Waals surface area contributed by atoms with Gasteiger partial charge in [-0.05, 0) is 31.6 Å². The summed E-state index contributed by atoms with van der Waals surface area (Å²) in [5.41, 5.74) is -0.0133. The lowest BCUT2D eigenvalue weighted by Crippen LogP contribution is -2.39. The number of Topliss-reactive ketones (excluding diaryl/α,β-unsaturated/α-hetero) is 1. The van der Waals surface area contributed by atoms with E-state index in [9.17, 15) is 4.79 Å². The molecule has 0 fully saturated rings. The molecule has 1 N–H and O–H groups in total. The average molecular weight is 243 g/mol. The van der Waals surface area contributed by atoms with Crippen LogP contribution in [-0.2, 0) is 0 Å². The molecule has 1 aromatic rings. The van der Waals surface area contributed by atoms with Gasteiger partial charge in [0.05, 0.1) is 6.04 Å². The zero-order valence-electron chi connectivity index (χ0n) is 11.2. The maximum Gasteiger partial charge on any atom is 0.197 e. The Morgan fingerprint density at radius 1 is 1.39 bits per heavy atom. The van der Waals surface area contributed by atoms with E-state index >= 15 is 0 Å². The van der Waals surface area contributed by atoms with Gasteiger partial charge >= 0.3 is 0 Å². The quantitative estimate of drug-likeness (QED) is 0.494. The van der Waals surface area contributed by atoms with E-state index in [2.05, 4.69) is 5.32 Å². The van der Waals surface area contributed by atoms with Crippen LogP contribution in [0.25, 0.3) is 0 Å². The van der Waals surface area contributed by atoms with Crippen molar-refractivity contribution in [2.45, 2.75) is 18.6 Å². The fraction of sp³-hybridized carbons (Fsp3) is 0.364. The Morgan fingerprint density at radius 3 is 2.72 bits per heavy atom. The second-order valence-corrected chi connectivity index (χ2v) is 4.91. The number of ether oxygens (including phenoxy) is 2. The standard InChI is InChI=1S/C11H16B3NO3/c1-6(15-5-12)10(16)7-2-3-8-9(4-7)18-11(13,14)17-8/h2-4,6,15H,5,12-14H2,1H3/t6-/m0/s1. The second kappa shape index (κ2) is 4.73. The first-order valence-corrected chi connectivity index (χ1v) is 6.22. The molecule has 1 aromatic carbocycles. The molecule has 7 heteroatoms. The summed E-state index contributed by atoms with van der Waals surface area (Å²) in [6.07, 6.45) is 0.768. The van der Waals surface area contributed by atoms with Crippen molar-refractivity contribution in [2.24, 2.45) is 0 Å². The van der Waals surface area contributed by atoms with Crippen molar-refractivity contribution in [1.29, 1.82) is 0 Å². The number of carbonyl (C=O) groups is 1. The molecule has 0 spiro atoms. The Morgan fingerprint density at radius 2 is 2.06 bits per heavy atom. The third-order valence-electron chi connectivity index (χ3n) is 2.84. The van der Waals surface area contributed by atoms with Gasteiger partial charge in [0.1, 0.15) is 7.85 Å². The van der Waals surface area contributed by atoms with Crippen molar-refractivity contribution in [3.8, 4) is 11.5 Å². The van der Waals surface area contributed by atoms with Gasteiger partial charge < -0.3 is 14.8 Å². The normalized spacial score (nSPS) is 17.4. The van der Waals surface area contributed by atoms with E-state index in [0.717, 1.165) is 6.44 Å². The van der Waals surface area contributed by atoms with Crippen LogP contribution >= 0.6 is 0 Å². The third-order valence-corrected chi connectivity index (χ3v) is 2.84. The fourth-order valence-corrected chi connectivity index (χ4v) is 2.02. The zero-order valence-corrected chi connectivity index (χ0v) is 11.2. The molecule has 0 unspecified atom stereocenters. The Kier molecular flexibility index (Phi) is 3.44. The van der Waals surface area contributed by atoms with Gasteiger partial charge in [-0.1, -0.05) is 0 Å². The maximum absolute atomic E-state index is 12.1. The van der Waals surface area contributed by atoms with Crippen molar-refractivity contribution >= 4 is 29.3 Å². The molecule has 0 bridgehead atoms. The monoisotopic (exact) mass is 243 g/mol. The fourth-order valence-electron chi connectivity index (χ4n) is 2.02. The molecule has 1 heterocycles. The first-order chi connectivity index (χ1) is 8.43. The molecule has 4 nitrogen and oxygen atoms in total. The first-order valence-electron chi connectivity index (χ1n) is 6.22. The van der Waals surface area contributed by atoms with Gasteiger partial charge in [0.25, 0.3) is 0 Å². The van der Waals surface area contributed by atoms with Crippen LogP contribution in [0.15, 0.2) is 18.2 Å². The molecule has 2 rings (SSSR count). The summed E-state index contributed by atoms with van der Waals surface area (Å²) in [5.74, 6) is 1.38. The molecule has 0 saturated carbocycles. The Hall–Kier alpha value is -1.36. The number of benzene rings is 1. The van der Waals surface area contributed by atoms with Gasteiger partial charge in [-0.3, -0.25) is 4.79 Å². The van der Waals surface area contributed by atoms with E-state index < -0.39 is 5.59 Å². The number of rotatable bonds is 4. The Labute approximate surface area is 110 Å². The SMILES string of the molecule is BCN[C@@H](C)C(=O)c1ccc2c(c1)OC(B)(B)O2. The predicted molar refractivity (Wildman–Crippen MR) is 77.9 cm³/mol. The van der Waals surface area contributed by atoms with Gasteiger partial charge in [0, 0.05) is 5.56 Å². The summed E-state index contributed by atoms with van der Waals surface area (Å²) in [7, 11) is 5.66. The van der Waals surface area contributed by atoms with Crippen molar-refractivity contribution in [3.05, 3.63) is 23.8 Å². The lowest BCUT2D eigenvalue weighted by Gasteiger charge is -2.17. The van der Waals surface area contributed by atoms with E-state index in [1.807, 2.05) is 30.5 Å². The highest BCUT2D eigenvalue weighted by molar-refractivity contribution is 6.38. The number of fused-ring (bicyclic) bond motifs is 1. The van der Waals surface area contributed by atoms with E-state index in [0.29, 0.717) is 17.1 Å². The molecule has 0 saturated heterocycles. The van der Waals surface area contributed by atoms with Crippen molar-refractivity contribution in [2.75, 3.05) is 6.44 Å². The Balaban J connectivity index is 2.21. The number of ketones is 1. The van der Waals surface area contributed by atoms with Crippen LogP contribution in [0.4, 0.5) is 0 Å². The largest absolute Gasteiger partial charge is 0.467 e. The molecular weight excluding hydrogens is 227 g/mol. The number of hydrogen-bond acceptors (Lipinski definition) is 4. The maximum atomic E-state index is 12.1. The smallest absolute Gasteiger partial charge is 0.197 e. The summed E-state index contributed by atoms with van der Waals surface area (Å²) in [6.45, 7) is 1.86. The van der Waals surface area contributed by atoms with Gasteiger partial charge in [0.15, 0.2) is 38.6 Å². The molecule has 92 valence electrons. The second-order valence-electron chi connectivity index (χ2n) is 4.91.